The molecule has 0 aromatic rings. The summed E-state index contributed by atoms with van der Waals surface area (Å²) in [6.45, 7) is 3.52. The topological polar surface area (TPSA) is 169 Å². The quantitative estimate of drug-likeness (QED) is 0.0389. The Morgan fingerprint density at radius 3 is 1.81 bits per heavy atom. The van der Waals surface area contributed by atoms with Crippen molar-refractivity contribution < 1.29 is 44.9 Å². The Hall–Kier alpha value is -1.37. The molecular formula is C38H71NO9. The molecule has 10 heteroatoms. The van der Waals surface area contributed by atoms with Gasteiger partial charge in [0.05, 0.1) is 25.4 Å². The number of hydrogen-bond donors (Lipinski definition) is 7. The molecule has 10 nitrogen and oxygen atoms in total. The van der Waals surface area contributed by atoms with Gasteiger partial charge < -0.3 is 45.4 Å². The molecule has 1 amide bonds. The van der Waals surface area contributed by atoms with E-state index in [0.717, 1.165) is 32.1 Å². The monoisotopic (exact) mass is 686 g/mol. The smallest absolute Gasteiger partial charge is 0.249 e. The van der Waals surface area contributed by atoms with Crippen LogP contribution in [0.15, 0.2) is 24.3 Å². The third-order valence-electron chi connectivity index (χ3n) is 9.14. The average molecular weight is 686 g/mol. The van der Waals surface area contributed by atoms with Gasteiger partial charge in [-0.25, -0.2) is 0 Å². The minimum Gasteiger partial charge on any atom is -0.394 e. The number of aliphatic hydroxyl groups excluding tert-OH is 6. The number of nitrogens with one attached hydrogen (secondary N) is 1. The Kier molecular flexibility index (Phi) is 27.3. The fourth-order valence-electron chi connectivity index (χ4n) is 5.88. The van der Waals surface area contributed by atoms with Crippen LogP contribution in [-0.2, 0) is 14.3 Å². The van der Waals surface area contributed by atoms with Crippen molar-refractivity contribution in [2.75, 3.05) is 13.2 Å². The lowest BCUT2D eigenvalue weighted by Crippen LogP contribution is -2.60. The zero-order valence-electron chi connectivity index (χ0n) is 30.1. The van der Waals surface area contributed by atoms with Crippen LogP contribution in [0.2, 0.25) is 0 Å². The number of hydrogen-bond acceptors (Lipinski definition) is 9. The predicted molar refractivity (Wildman–Crippen MR) is 190 cm³/mol. The van der Waals surface area contributed by atoms with Gasteiger partial charge in [-0.3, -0.25) is 4.79 Å². The number of ether oxygens (including phenoxy) is 2. The van der Waals surface area contributed by atoms with E-state index < -0.39 is 61.5 Å². The summed E-state index contributed by atoms with van der Waals surface area (Å²) in [7, 11) is 0. The van der Waals surface area contributed by atoms with Gasteiger partial charge in [-0.15, -0.1) is 0 Å². The Balaban J connectivity index is 2.57. The summed E-state index contributed by atoms with van der Waals surface area (Å²) in [6.07, 6.45) is 21.3. The molecule has 1 aliphatic heterocycles. The molecule has 0 unspecified atom stereocenters. The van der Waals surface area contributed by atoms with E-state index in [-0.39, 0.29) is 6.61 Å². The molecule has 1 aliphatic rings. The zero-order valence-corrected chi connectivity index (χ0v) is 30.1. The Morgan fingerprint density at radius 1 is 0.708 bits per heavy atom. The maximum Gasteiger partial charge on any atom is 0.249 e. The fraction of sp³-hybridized carbons (Fsp3) is 0.868. The fourth-order valence-corrected chi connectivity index (χ4v) is 5.88. The van der Waals surface area contributed by atoms with Crippen LogP contribution in [-0.4, -0.2) is 98.7 Å². The molecule has 0 radical (unpaired) electrons. The van der Waals surface area contributed by atoms with Crippen molar-refractivity contribution in [3.05, 3.63) is 24.3 Å². The number of allylic oxidation sites excluding steroid dienone is 3. The molecule has 1 heterocycles. The van der Waals surface area contributed by atoms with Gasteiger partial charge in [0.15, 0.2) is 6.29 Å². The van der Waals surface area contributed by atoms with E-state index in [9.17, 15) is 35.4 Å². The third-order valence-corrected chi connectivity index (χ3v) is 9.14. The lowest BCUT2D eigenvalue weighted by molar-refractivity contribution is -0.302. The van der Waals surface area contributed by atoms with Crippen molar-refractivity contribution in [2.24, 2.45) is 0 Å². The van der Waals surface area contributed by atoms with Gasteiger partial charge in [0, 0.05) is 0 Å². The summed E-state index contributed by atoms with van der Waals surface area (Å²) < 4.78 is 11.1. The van der Waals surface area contributed by atoms with Crippen LogP contribution >= 0.6 is 0 Å². The molecular weight excluding hydrogens is 614 g/mol. The van der Waals surface area contributed by atoms with Gasteiger partial charge in [-0.1, -0.05) is 141 Å². The normalized spacial score (nSPS) is 23.5. The molecule has 7 N–H and O–H groups in total. The van der Waals surface area contributed by atoms with Crippen LogP contribution in [0.3, 0.4) is 0 Å². The lowest BCUT2D eigenvalue weighted by atomic mass is 9.99. The standard InChI is InChI=1S/C38H71NO9/c1-3-5-7-9-11-13-15-16-17-19-20-22-24-26-31(41)30(29-47-38-36(45)35(44)34(43)33(28-40)48-38)39-37(46)32(42)27-25-23-21-18-14-12-10-8-6-4-2/h17,19,24,26,30-36,38,40-45H,3-16,18,20-23,25,27-29H2,1-2H3,(H,39,46)/b19-17+,26-24+/t30-,31+,32+,33+,34+,35-,36+,38+/m0/s1. The van der Waals surface area contributed by atoms with Gasteiger partial charge in [0.2, 0.25) is 5.91 Å². The van der Waals surface area contributed by atoms with Gasteiger partial charge in [0.25, 0.3) is 0 Å². The van der Waals surface area contributed by atoms with Crippen molar-refractivity contribution in [3.63, 3.8) is 0 Å². The van der Waals surface area contributed by atoms with E-state index in [4.69, 9.17) is 9.47 Å². The second kappa shape index (κ2) is 29.4. The van der Waals surface area contributed by atoms with Crippen LogP contribution in [0.4, 0.5) is 0 Å². The molecule has 1 saturated heterocycles. The van der Waals surface area contributed by atoms with Gasteiger partial charge in [-0.2, -0.15) is 0 Å². The van der Waals surface area contributed by atoms with Crippen molar-refractivity contribution >= 4 is 5.91 Å². The van der Waals surface area contributed by atoms with Crippen LogP contribution in [0.1, 0.15) is 149 Å². The molecule has 0 aliphatic carbocycles. The lowest BCUT2D eigenvalue weighted by Gasteiger charge is -2.40. The summed E-state index contributed by atoms with van der Waals surface area (Å²) in [5.74, 6) is -0.630. The Morgan fingerprint density at radius 2 is 1.23 bits per heavy atom. The van der Waals surface area contributed by atoms with Crippen molar-refractivity contribution in [3.8, 4) is 0 Å². The number of aliphatic hydroxyl groups is 6. The van der Waals surface area contributed by atoms with Crippen molar-refractivity contribution in [2.45, 2.75) is 198 Å². The summed E-state index contributed by atoms with van der Waals surface area (Å²) in [5.41, 5.74) is 0. The molecule has 1 fully saturated rings. The number of amides is 1. The van der Waals surface area contributed by atoms with E-state index in [1.165, 1.54) is 83.5 Å². The van der Waals surface area contributed by atoms with Crippen LogP contribution < -0.4 is 5.32 Å². The largest absolute Gasteiger partial charge is 0.394 e. The van der Waals surface area contributed by atoms with Crippen LogP contribution in [0, 0.1) is 0 Å². The number of rotatable bonds is 30. The molecule has 0 bridgehead atoms. The molecule has 0 aromatic heterocycles. The highest BCUT2D eigenvalue weighted by atomic mass is 16.7. The van der Waals surface area contributed by atoms with E-state index in [1.807, 2.05) is 6.08 Å². The highest BCUT2D eigenvalue weighted by Gasteiger charge is 2.44. The van der Waals surface area contributed by atoms with E-state index in [0.29, 0.717) is 19.3 Å². The Bertz CT molecular complexity index is 824. The second-order valence-electron chi connectivity index (χ2n) is 13.5. The van der Waals surface area contributed by atoms with Crippen molar-refractivity contribution in [1.29, 1.82) is 0 Å². The molecule has 0 spiro atoms. The first-order valence-electron chi connectivity index (χ1n) is 19.2. The molecule has 0 saturated carbocycles. The SMILES string of the molecule is CCCCCCCCC/C=C/CC/C=C/[C@@H](O)[C@H](CO[C@@H]1O[C@H](CO)[C@@H](O)[C@H](O)[C@H]1O)NC(=O)[C@H](O)CCCCCCCCCCCC. The van der Waals surface area contributed by atoms with E-state index in [1.54, 1.807) is 6.08 Å². The number of unbranched alkanes of at least 4 members (excludes halogenated alkanes) is 17. The van der Waals surface area contributed by atoms with Gasteiger partial charge in [-0.05, 0) is 32.1 Å². The summed E-state index contributed by atoms with van der Waals surface area (Å²) >= 11 is 0. The summed E-state index contributed by atoms with van der Waals surface area (Å²) in [4.78, 5) is 12.9. The second-order valence-corrected chi connectivity index (χ2v) is 13.5. The first kappa shape index (κ1) is 44.7. The highest BCUT2D eigenvalue weighted by Crippen LogP contribution is 2.22. The summed E-state index contributed by atoms with van der Waals surface area (Å²) in [6, 6.07) is -0.989. The van der Waals surface area contributed by atoms with Gasteiger partial charge >= 0.3 is 0 Å². The molecule has 0 aromatic carbocycles. The molecule has 282 valence electrons. The van der Waals surface area contributed by atoms with Crippen LogP contribution in [0.25, 0.3) is 0 Å². The predicted octanol–water partition coefficient (Wildman–Crippen LogP) is 5.35. The maximum atomic E-state index is 12.9. The van der Waals surface area contributed by atoms with Crippen molar-refractivity contribution in [1.82, 2.24) is 5.32 Å². The van der Waals surface area contributed by atoms with E-state index in [2.05, 4.69) is 31.3 Å². The average Bonchev–Trinajstić information content (AvgIpc) is 3.08. The van der Waals surface area contributed by atoms with Crippen LogP contribution in [0.5, 0.6) is 0 Å². The number of carbonyl (C=O) groups is 1. The molecule has 1 rings (SSSR count). The highest BCUT2D eigenvalue weighted by molar-refractivity contribution is 5.80. The molecule has 48 heavy (non-hydrogen) atoms. The first-order valence-corrected chi connectivity index (χ1v) is 19.2. The minimum atomic E-state index is -1.61. The molecule has 8 atom stereocenters. The first-order chi connectivity index (χ1) is 23.3. The summed E-state index contributed by atoms with van der Waals surface area (Å²) in [5, 5.41) is 64.2. The Labute approximate surface area is 291 Å². The zero-order chi connectivity index (χ0) is 35.4. The van der Waals surface area contributed by atoms with Gasteiger partial charge in [0.1, 0.15) is 30.5 Å². The number of carbonyl (C=O) groups excluding carboxylic acids is 1. The van der Waals surface area contributed by atoms with E-state index >= 15 is 0 Å². The third kappa shape index (κ3) is 20.3. The minimum absolute atomic E-state index is 0.305. The maximum absolute atomic E-state index is 12.9.